The molecule has 0 aliphatic heterocycles. The molecule has 0 aromatic carbocycles. The number of aliphatic carboxylic acids is 1. The van der Waals surface area contributed by atoms with Crippen LogP contribution in [0.5, 0.6) is 0 Å². The van der Waals surface area contributed by atoms with Crippen molar-refractivity contribution in [2.75, 3.05) is 0 Å². The number of carbonyl (C=O) groups is 3. The summed E-state index contributed by atoms with van der Waals surface area (Å²) in [6.07, 6.45) is 2.66. The number of ether oxygens (including phenoxy) is 2. The van der Waals surface area contributed by atoms with E-state index in [1.807, 2.05) is 6.92 Å². The van der Waals surface area contributed by atoms with E-state index in [0.29, 0.717) is 6.42 Å². The Balaban J connectivity index is 4.19. The average molecular weight is 300 g/mol. The quantitative estimate of drug-likeness (QED) is 0.547. The lowest BCUT2D eigenvalue weighted by Crippen LogP contribution is -2.28. The van der Waals surface area contributed by atoms with Gasteiger partial charge in [0.2, 0.25) is 0 Å². The number of carboxylic acid groups (broad SMARTS) is 1. The van der Waals surface area contributed by atoms with Crippen molar-refractivity contribution < 1.29 is 29.0 Å². The summed E-state index contributed by atoms with van der Waals surface area (Å²) < 4.78 is 10.3. The van der Waals surface area contributed by atoms with Gasteiger partial charge in [-0.15, -0.1) is 0 Å². The maximum atomic E-state index is 11.7. The molecule has 0 bridgehead atoms. The molecule has 0 saturated heterocycles. The summed E-state index contributed by atoms with van der Waals surface area (Å²) in [6.45, 7) is 7.11. The van der Waals surface area contributed by atoms with Gasteiger partial charge in [0.25, 0.3) is 0 Å². The fraction of sp³-hybridized carbons (Fsp3) is 0.667. The van der Waals surface area contributed by atoms with Crippen molar-refractivity contribution in [1.82, 2.24) is 0 Å². The van der Waals surface area contributed by atoms with Gasteiger partial charge in [0.05, 0.1) is 19.3 Å². The van der Waals surface area contributed by atoms with Crippen LogP contribution in [0.1, 0.15) is 53.4 Å². The number of rotatable bonds is 8. The molecule has 0 saturated carbocycles. The molecule has 1 atom stereocenters. The van der Waals surface area contributed by atoms with Crippen molar-refractivity contribution in [3.63, 3.8) is 0 Å². The van der Waals surface area contributed by atoms with E-state index in [-0.39, 0.29) is 19.3 Å². The fourth-order valence-corrected chi connectivity index (χ4v) is 1.44. The van der Waals surface area contributed by atoms with Crippen LogP contribution in [-0.4, -0.2) is 34.7 Å². The Morgan fingerprint density at radius 2 is 1.67 bits per heavy atom. The minimum atomic E-state index is -0.962. The van der Waals surface area contributed by atoms with Gasteiger partial charge in [-0.2, -0.15) is 0 Å². The van der Waals surface area contributed by atoms with E-state index in [0.717, 1.165) is 0 Å². The van der Waals surface area contributed by atoms with Crippen LogP contribution in [0.15, 0.2) is 12.2 Å². The monoisotopic (exact) mass is 300 g/mol. The highest BCUT2D eigenvalue weighted by molar-refractivity contribution is 5.74. The second kappa shape index (κ2) is 9.15. The van der Waals surface area contributed by atoms with Crippen LogP contribution in [0.4, 0.5) is 0 Å². The SMILES string of the molecule is CCC(CC(=O)OC(C)(C)C)OC(=O)C/C=C/CC(=O)O. The van der Waals surface area contributed by atoms with Crippen LogP contribution < -0.4 is 0 Å². The van der Waals surface area contributed by atoms with E-state index in [2.05, 4.69) is 0 Å². The minimum Gasteiger partial charge on any atom is -0.481 e. The summed E-state index contributed by atoms with van der Waals surface area (Å²) in [5.41, 5.74) is -0.570. The van der Waals surface area contributed by atoms with Crippen molar-refractivity contribution in [2.45, 2.75) is 65.1 Å². The van der Waals surface area contributed by atoms with Crippen molar-refractivity contribution in [1.29, 1.82) is 0 Å². The van der Waals surface area contributed by atoms with Gasteiger partial charge in [-0.1, -0.05) is 19.1 Å². The molecule has 0 aliphatic rings. The first kappa shape index (κ1) is 19.1. The van der Waals surface area contributed by atoms with Gasteiger partial charge >= 0.3 is 17.9 Å². The fourth-order valence-electron chi connectivity index (χ4n) is 1.44. The Labute approximate surface area is 125 Å². The zero-order valence-corrected chi connectivity index (χ0v) is 13.0. The van der Waals surface area contributed by atoms with E-state index in [1.165, 1.54) is 12.2 Å². The number of esters is 2. The third-order valence-electron chi connectivity index (χ3n) is 2.31. The molecular formula is C15H24O6. The Morgan fingerprint density at radius 1 is 1.10 bits per heavy atom. The maximum absolute atomic E-state index is 11.7. The summed E-state index contributed by atoms with van der Waals surface area (Å²) in [6, 6.07) is 0. The van der Waals surface area contributed by atoms with Crippen LogP contribution in [-0.2, 0) is 23.9 Å². The lowest BCUT2D eigenvalue weighted by Gasteiger charge is -2.21. The number of hydrogen-bond acceptors (Lipinski definition) is 5. The largest absolute Gasteiger partial charge is 0.481 e. The highest BCUT2D eigenvalue weighted by Gasteiger charge is 2.21. The van der Waals surface area contributed by atoms with Crippen LogP contribution >= 0.6 is 0 Å². The van der Waals surface area contributed by atoms with Crippen molar-refractivity contribution in [3.05, 3.63) is 12.2 Å². The molecule has 1 N–H and O–H groups in total. The lowest BCUT2D eigenvalue weighted by molar-refractivity contribution is -0.161. The van der Waals surface area contributed by atoms with Gasteiger partial charge in [0, 0.05) is 0 Å². The van der Waals surface area contributed by atoms with E-state index < -0.39 is 29.6 Å². The molecule has 120 valence electrons. The second-order valence-electron chi connectivity index (χ2n) is 5.58. The second-order valence-corrected chi connectivity index (χ2v) is 5.58. The normalized spacial score (nSPS) is 13.0. The molecule has 0 aliphatic carbocycles. The zero-order valence-electron chi connectivity index (χ0n) is 13.0. The molecule has 21 heavy (non-hydrogen) atoms. The van der Waals surface area contributed by atoms with Gasteiger partial charge in [-0.3, -0.25) is 14.4 Å². The summed E-state index contributed by atoms with van der Waals surface area (Å²) in [7, 11) is 0. The summed E-state index contributed by atoms with van der Waals surface area (Å²) in [4.78, 5) is 33.5. The van der Waals surface area contributed by atoms with Crippen LogP contribution in [0.25, 0.3) is 0 Å². The standard InChI is InChI=1S/C15H24O6/c1-5-11(10-14(19)21-15(2,3)4)20-13(18)9-7-6-8-12(16)17/h6-7,11H,5,8-10H2,1-4H3,(H,16,17)/b7-6+. The predicted molar refractivity (Wildman–Crippen MR) is 76.6 cm³/mol. The van der Waals surface area contributed by atoms with Gasteiger partial charge in [0.15, 0.2) is 0 Å². The van der Waals surface area contributed by atoms with E-state index >= 15 is 0 Å². The molecule has 0 amide bonds. The highest BCUT2D eigenvalue weighted by atomic mass is 16.6. The predicted octanol–water partition coefficient (Wildman–Crippen LogP) is 2.46. The van der Waals surface area contributed by atoms with Gasteiger partial charge in [0.1, 0.15) is 11.7 Å². The Bertz CT molecular complexity index is 391. The van der Waals surface area contributed by atoms with Crippen molar-refractivity contribution in [2.24, 2.45) is 0 Å². The summed E-state index contributed by atoms with van der Waals surface area (Å²) in [5, 5.41) is 8.44. The summed E-state index contributed by atoms with van der Waals surface area (Å²) >= 11 is 0. The zero-order chi connectivity index (χ0) is 16.5. The highest BCUT2D eigenvalue weighted by Crippen LogP contribution is 2.12. The van der Waals surface area contributed by atoms with Gasteiger partial charge in [-0.05, 0) is 27.2 Å². The van der Waals surface area contributed by atoms with E-state index in [9.17, 15) is 14.4 Å². The number of carbonyl (C=O) groups excluding carboxylic acids is 2. The topological polar surface area (TPSA) is 89.9 Å². The Morgan fingerprint density at radius 3 is 2.14 bits per heavy atom. The Hall–Kier alpha value is -1.85. The third-order valence-corrected chi connectivity index (χ3v) is 2.31. The van der Waals surface area contributed by atoms with Gasteiger partial charge in [-0.25, -0.2) is 0 Å². The molecule has 0 fully saturated rings. The van der Waals surface area contributed by atoms with Crippen LogP contribution in [0, 0.1) is 0 Å². The molecule has 6 nitrogen and oxygen atoms in total. The van der Waals surface area contributed by atoms with E-state index in [4.69, 9.17) is 14.6 Å². The van der Waals surface area contributed by atoms with Gasteiger partial charge < -0.3 is 14.6 Å². The maximum Gasteiger partial charge on any atom is 0.310 e. The number of hydrogen-bond donors (Lipinski definition) is 1. The third kappa shape index (κ3) is 11.7. The summed E-state index contributed by atoms with van der Waals surface area (Å²) in [5.74, 6) is -1.87. The molecule has 0 rings (SSSR count). The molecule has 0 spiro atoms. The van der Waals surface area contributed by atoms with Crippen LogP contribution in [0.2, 0.25) is 0 Å². The van der Waals surface area contributed by atoms with E-state index in [1.54, 1.807) is 20.8 Å². The van der Waals surface area contributed by atoms with Crippen molar-refractivity contribution in [3.8, 4) is 0 Å². The van der Waals surface area contributed by atoms with Crippen LogP contribution in [0.3, 0.4) is 0 Å². The molecule has 0 aromatic rings. The molecule has 0 aromatic heterocycles. The smallest absolute Gasteiger partial charge is 0.310 e. The molecule has 6 heteroatoms. The molecule has 1 unspecified atom stereocenters. The molecular weight excluding hydrogens is 276 g/mol. The average Bonchev–Trinajstić information content (AvgIpc) is 2.31. The minimum absolute atomic E-state index is 0.0123. The first-order valence-electron chi connectivity index (χ1n) is 6.92. The number of carboxylic acids is 1. The van der Waals surface area contributed by atoms with Crippen molar-refractivity contribution >= 4 is 17.9 Å². The Kier molecular flexibility index (Phi) is 8.35. The molecule has 0 radical (unpaired) electrons. The lowest BCUT2D eigenvalue weighted by atomic mass is 10.1. The first-order valence-corrected chi connectivity index (χ1v) is 6.92. The first-order chi connectivity index (χ1) is 9.64. The molecule has 0 heterocycles.